The van der Waals surface area contributed by atoms with Crippen molar-refractivity contribution in [1.82, 2.24) is 5.32 Å². The van der Waals surface area contributed by atoms with Gasteiger partial charge in [-0.3, -0.25) is 4.79 Å². The fourth-order valence-corrected chi connectivity index (χ4v) is 1.58. The van der Waals surface area contributed by atoms with Crippen LogP contribution in [-0.2, 0) is 9.53 Å². The zero-order valence-corrected chi connectivity index (χ0v) is 11.2. The van der Waals surface area contributed by atoms with Gasteiger partial charge < -0.3 is 19.9 Å². The highest BCUT2D eigenvalue weighted by molar-refractivity contribution is 5.72. The Morgan fingerprint density at radius 2 is 2.05 bits per heavy atom. The van der Waals surface area contributed by atoms with Crippen LogP contribution in [0.3, 0.4) is 0 Å². The Balaban J connectivity index is 2.78. The van der Waals surface area contributed by atoms with E-state index in [1.807, 2.05) is 0 Å². The Labute approximate surface area is 117 Å². The van der Waals surface area contributed by atoms with E-state index in [2.05, 4.69) is 11.9 Å². The highest BCUT2D eigenvalue weighted by Gasteiger charge is 2.18. The smallest absolute Gasteiger partial charge is 0.407 e. The monoisotopic (exact) mass is 279 g/mol. The van der Waals surface area contributed by atoms with Crippen molar-refractivity contribution in [3.63, 3.8) is 0 Å². The topological polar surface area (TPSA) is 84.9 Å². The van der Waals surface area contributed by atoms with Gasteiger partial charge in [0.15, 0.2) is 0 Å². The van der Waals surface area contributed by atoms with Crippen LogP contribution in [-0.4, -0.2) is 30.9 Å². The average molecular weight is 279 g/mol. The average Bonchev–Trinajstić information content (AvgIpc) is 2.44. The molecule has 0 saturated carbocycles. The Morgan fingerprint density at radius 1 is 1.40 bits per heavy atom. The summed E-state index contributed by atoms with van der Waals surface area (Å²) in [5, 5.41) is 11.4. The zero-order chi connectivity index (χ0) is 15.0. The molecular formula is C14H17NO5. The van der Waals surface area contributed by atoms with Crippen LogP contribution >= 0.6 is 0 Å². The standard InChI is InChI=1S/C14H17NO5/c1-3-8-20-14(18)15-12(9-13(16)17)10-4-6-11(19-2)7-5-10/h3-7,12H,1,8-9H2,2H3,(H,15,18)(H,16,17)/t12-/m0/s1. The molecule has 0 unspecified atom stereocenters. The summed E-state index contributed by atoms with van der Waals surface area (Å²) in [5.41, 5.74) is 0.656. The van der Waals surface area contributed by atoms with E-state index in [9.17, 15) is 9.59 Å². The van der Waals surface area contributed by atoms with E-state index >= 15 is 0 Å². The summed E-state index contributed by atoms with van der Waals surface area (Å²) in [6.07, 6.45) is 0.501. The maximum atomic E-state index is 11.5. The Morgan fingerprint density at radius 3 is 2.55 bits per heavy atom. The molecule has 1 atom stereocenters. The second kappa shape index (κ2) is 7.83. The van der Waals surface area contributed by atoms with Gasteiger partial charge >= 0.3 is 12.1 Å². The van der Waals surface area contributed by atoms with Crippen LogP contribution < -0.4 is 10.1 Å². The number of alkyl carbamates (subject to hydrolysis) is 1. The molecule has 2 N–H and O–H groups in total. The van der Waals surface area contributed by atoms with Crippen molar-refractivity contribution in [2.24, 2.45) is 0 Å². The third-order valence-electron chi connectivity index (χ3n) is 2.52. The number of hydrogen-bond acceptors (Lipinski definition) is 4. The highest BCUT2D eigenvalue weighted by atomic mass is 16.5. The molecule has 0 bridgehead atoms. The van der Waals surface area contributed by atoms with Gasteiger partial charge in [-0.15, -0.1) is 0 Å². The first-order chi connectivity index (χ1) is 9.56. The van der Waals surface area contributed by atoms with Gasteiger partial charge in [0, 0.05) is 0 Å². The SMILES string of the molecule is C=CCOC(=O)N[C@@H](CC(=O)O)c1ccc(OC)cc1. The number of carboxylic acids is 1. The number of aliphatic carboxylic acids is 1. The molecule has 0 fully saturated rings. The van der Waals surface area contributed by atoms with Gasteiger partial charge in [-0.2, -0.15) is 0 Å². The van der Waals surface area contributed by atoms with Crippen LogP contribution in [0, 0.1) is 0 Å². The lowest BCUT2D eigenvalue weighted by atomic mass is 10.0. The summed E-state index contributed by atoms with van der Waals surface area (Å²) in [7, 11) is 1.54. The summed E-state index contributed by atoms with van der Waals surface area (Å²) < 4.78 is 9.81. The minimum absolute atomic E-state index is 0.0637. The third-order valence-corrected chi connectivity index (χ3v) is 2.52. The first kappa shape index (κ1) is 15.6. The summed E-state index contributed by atoms with van der Waals surface area (Å²) in [4.78, 5) is 22.4. The van der Waals surface area contributed by atoms with Crippen molar-refractivity contribution in [3.8, 4) is 5.75 Å². The van der Waals surface area contributed by atoms with Gasteiger partial charge in [0.05, 0.1) is 19.6 Å². The van der Waals surface area contributed by atoms with E-state index in [0.29, 0.717) is 11.3 Å². The molecule has 0 saturated heterocycles. The lowest BCUT2D eigenvalue weighted by molar-refractivity contribution is -0.137. The number of methoxy groups -OCH3 is 1. The Kier molecular flexibility index (Phi) is 6.09. The third kappa shape index (κ3) is 5.01. The van der Waals surface area contributed by atoms with Crippen molar-refractivity contribution in [2.75, 3.05) is 13.7 Å². The van der Waals surface area contributed by atoms with Crippen LogP contribution in [0.25, 0.3) is 0 Å². The number of carbonyl (C=O) groups is 2. The van der Waals surface area contributed by atoms with E-state index < -0.39 is 18.1 Å². The van der Waals surface area contributed by atoms with Crippen LogP contribution in [0.2, 0.25) is 0 Å². The second-order valence-electron chi connectivity index (χ2n) is 3.96. The molecule has 0 spiro atoms. The fraction of sp³-hybridized carbons (Fsp3) is 0.286. The lowest BCUT2D eigenvalue weighted by Crippen LogP contribution is -2.30. The predicted octanol–water partition coefficient (Wildman–Crippen LogP) is 2.12. The number of amides is 1. The fourth-order valence-electron chi connectivity index (χ4n) is 1.58. The van der Waals surface area contributed by atoms with Gasteiger partial charge in [0.1, 0.15) is 12.4 Å². The number of nitrogens with one attached hydrogen (secondary N) is 1. The molecule has 20 heavy (non-hydrogen) atoms. The van der Waals surface area contributed by atoms with Gasteiger partial charge in [0.2, 0.25) is 0 Å². The van der Waals surface area contributed by atoms with Gasteiger partial charge in [-0.25, -0.2) is 4.79 Å². The van der Waals surface area contributed by atoms with Crippen LogP contribution in [0.4, 0.5) is 4.79 Å². The summed E-state index contributed by atoms with van der Waals surface area (Å²) in [6.45, 7) is 3.49. The predicted molar refractivity (Wildman–Crippen MR) is 72.7 cm³/mol. The molecular weight excluding hydrogens is 262 g/mol. The van der Waals surface area contributed by atoms with Crippen molar-refractivity contribution < 1.29 is 24.2 Å². The number of carbonyl (C=O) groups excluding carboxylic acids is 1. The van der Waals surface area contributed by atoms with Crippen molar-refractivity contribution >= 4 is 12.1 Å². The minimum atomic E-state index is -1.02. The molecule has 0 aliphatic rings. The molecule has 1 rings (SSSR count). The summed E-state index contributed by atoms with van der Waals surface area (Å²) in [6, 6.07) is 6.11. The van der Waals surface area contributed by atoms with Crippen molar-refractivity contribution in [1.29, 1.82) is 0 Å². The highest BCUT2D eigenvalue weighted by Crippen LogP contribution is 2.20. The largest absolute Gasteiger partial charge is 0.497 e. The maximum Gasteiger partial charge on any atom is 0.407 e. The molecule has 6 nitrogen and oxygen atoms in total. The molecule has 1 aromatic rings. The number of hydrogen-bond donors (Lipinski definition) is 2. The summed E-state index contributed by atoms with van der Waals surface area (Å²) in [5.74, 6) is -0.369. The Hall–Kier alpha value is -2.50. The molecule has 108 valence electrons. The van der Waals surface area contributed by atoms with Gasteiger partial charge in [-0.05, 0) is 17.7 Å². The lowest BCUT2D eigenvalue weighted by Gasteiger charge is -2.17. The summed E-state index contributed by atoms with van der Waals surface area (Å²) >= 11 is 0. The molecule has 1 amide bonds. The maximum absolute atomic E-state index is 11.5. The molecule has 0 radical (unpaired) electrons. The van der Waals surface area contributed by atoms with Crippen LogP contribution in [0.15, 0.2) is 36.9 Å². The normalized spacial score (nSPS) is 11.2. The number of rotatable bonds is 7. The van der Waals surface area contributed by atoms with Crippen molar-refractivity contribution in [3.05, 3.63) is 42.5 Å². The molecule has 0 heterocycles. The van der Waals surface area contributed by atoms with E-state index in [1.165, 1.54) is 13.2 Å². The number of carboxylic acid groups (broad SMARTS) is 1. The molecule has 1 aromatic carbocycles. The van der Waals surface area contributed by atoms with Crippen molar-refractivity contribution in [2.45, 2.75) is 12.5 Å². The first-order valence-electron chi connectivity index (χ1n) is 5.96. The number of benzene rings is 1. The second-order valence-corrected chi connectivity index (χ2v) is 3.96. The quantitative estimate of drug-likeness (QED) is 0.747. The van der Waals surface area contributed by atoms with E-state index in [0.717, 1.165) is 0 Å². The van der Waals surface area contributed by atoms with Crippen LogP contribution in [0.1, 0.15) is 18.0 Å². The van der Waals surface area contributed by atoms with Gasteiger partial charge in [-0.1, -0.05) is 24.8 Å². The van der Waals surface area contributed by atoms with E-state index in [1.54, 1.807) is 24.3 Å². The molecule has 0 aromatic heterocycles. The van der Waals surface area contributed by atoms with Crippen LogP contribution in [0.5, 0.6) is 5.75 Å². The first-order valence-corrected chi connectivity index (χ1v) is 5.96. The zero-order valence-electron chi connectivity index (χ0n) is 11.2. The molecule has 6 heteroatoms. The molecule has 0 aliphatic heterocycles. The Bertz CT molecular complexity index is 469. The van der Waals surface area contributed by atoms with Gasteiger partial charge in [0.25, 0.3) is 0 Å². The molecule has 0 aliphatic carbocycles. The number of ether oxygens (including phenoxy) is 2. The van der Waals surface area contributed by atoms with E-state index in [-0.39, 0.29) is 13.0 Å². The minimum Gasteiger partial charge on any atom is -0.497 e. The van der Waals surface area contributed by atoms with E-state index in [4.69, 9.17) is 14.6 Å².